The van der Waals surface area contributed by atoms with Gasteiger partial charge < -0.3 is 39.0 Å². The molecule has 364 valence electrons. The van der Waals surface area contributed by atoms with Crippen molar-refractivity contribution < 1.29 is 33.0 Å². The summed E-state index contributed by atoms with van der Waals surface area (Å²) in [4.78, 5) is 54.0. The Bertz CT molecular complexity index is 3100. The predicted molar refractivity (Wildman–Crippen MR) is 276 cm³/mol. The average Bonchev–Trinajstić information content (AvgIpc) is 3.65. The number of benzene rings is 5. The Morgan fingerprint density at radius 3 is 2.36 bits per heavy atom. The molecule has 5 N–H and O–H groups in total. The van der Waals surface area contributed by atoms with Gasteiger partial charge in [-0.3, -0.25) is 14.7 Å². The van der Waals surface area contributed by atoms with Crippen molar-refractivity contribution in [2.75, 3.05) is 11.9 Å². The molecule has 1 fully saturated rings. The van der Waals surface area contributed by atoms with Gasteiger partial charge in [0.05, 0.1) is 22.8 Å². The summed E-state index contributed by atoms with van der Waals surface area (Å²) in [6.07, 6.45) is 4.55. The van der Waals surface area contributed by atoms with E-state index >= 15 is 0 Å². The lowest BCUT2D eigenvalue weighted by atomic mass is 9.93. The third kappa shape index (κ3) is 12.1. The monoisotopic (exact) mass is 963 g/mol. The highest BCUT2D eigenvalue weighted by molar-refractivity contribution is 6.74. The molecule has 15 heteroatoms. The number of phenols is 1. The van der Waals surface area contributed by atoms with Crippen LogP contribution in [0.2, 0.25) is 18.1 Å². The van der Waals surface area contributed by atoms with E-state index in [2.05, 4.69) is 54.8 Å². The average molecular weight is 964 g/mol. The van der Waals surface area contributed by atoms with Gasteiger partial charge >= 0.3 is 17.9 Å². The number of phenolic OH excluding ortho intramolecular Hbond substituents is 1. The number of hydrogen-bond acceptors (Lipinski definition) is 10. The fourth-order valence-corrected chi connectivity index (χ4v) is 9.78. The van der Waals surface area contributed by atoms with Crippen LogP contribution in [-0.2, 0) is 33.6 Å². The van der Waals surface area contributed by atoms with Crippen LogP contribution in [0.5, 0.6) is 5.75 Å². The molecule has 7 aromatic rings. The molecule has 14 nitrogen and oxygen atoms in total. The highest BCUT2D eigenvalue weighted by Gasteiger charge is 2.40. The normalized spacial score (nSPS) is 15.8. The number of amides is 2. The molecule has 0 saturated heterocycles. The summed E-state index contributed by atoms with van der Waals surface area (Å²) < 4.78 is 25.5. The molecule has 1 saturated carbocycles. The number of carbonyl (C=O) groups excluding carboxylic acids is 2. The maximum absolute atomic E-state index is 13.4. The molecule has 0 bridgehead atoms. The van der Waals surface area contributed by atoms with Gasteiger partial charge in [-0.1, -0.05) is 118 Å². The van der Waals surface area contributed by atoms with E-state index in [-0.39, 0.29) is 41.6 Å². The molecule has 2 aromatic heterocycles. The number of nitrogens with one attached hydrogen (secondary N) is 4. The number of fused-ring (bicyclic) bond motifs is 2. The fourth-order valence-electron chi connectivity index (χ4n) is 8.51. The number of allylic oxidation sites excluding steroid dienone is 1. The Morgan fingerprint density at radius 1 is 0.871 bits per heavy atom. The molecule has 0 radical (unpaired) electrons. The van der Waals surface area contributed by atoms with E-state index in [4.69, 9.17) is 18.3 Å². The predicted octanol–water partition coefficient (Wildman–Crippen LogP) is 11.2. The number of oxazole rings is 1. The Balaban J connectivity index is 0.916. The third-order valence-corrected chi connectivity index (χ3v) is 17.8. The minimum atomic E-state index is -2.29. The molecule has 2 heterocycles. The smallest absolute Gasteiger partial charge is 0.420 e. The van der Waals surface area contributed by atoms with E-state index in [0.29, 0.717) is 66.5 Å². The van der Waals surface area contributed by atoms with Gasteiger partial charge in [-0.2, -0.15) is 0 Å². The topological polar surface area (TPSA) is 186 Å². The van der Waals surface area contributed by atoms with Crippen molar-refractivity contribution in [1.29, 1.82) is 0 Å². The Hall–Kier alpha value is -7.20. The van der Waals surface area contributed by atoms with Crippen LogP contribution < -0.4 is 27.3 Å². The molecule has 5 aromatic carbocycles. The molecule has 0 spiro atoms. The van der Waals surface area contributed by atoms with Crippen molar-refractivity contribution in [3.05, 3.63) is 171 Å². The number of aromatic nitrogens is 2. The first-order chi connectivity index (χ1) is 33.6. The number of anilines is 1. The van der Waals surface area contributed by atoms with Crippen LogP contribution in [-0.4, -0.2) is 53.9 Å². The van der Waals surface area contributed by atoms with Crippen molar-refractivity contribution in [3.63, 3.8) is 0 Å². The van der Waals surface area contributed by atoms with Crippen LogP contribution in [0.25, 0.3) is 39.2 Å². The number of H-pyrrole nitrogens is 1. The van der Waals surface area contributed by atoms with Crippen LogP contribution in [0.4, 0.5) is 15.3 Å². The largest absolute Gasteiger partial charge is 0.506 e. The second-order valence-electron chi connectivity index (χ2n) is 19.3. The second-order valence-corrected chi connectivity index (χ2v) is 24.1. The van der Waals surface area contributed by atoms with Crippen LogP contribution >= 0.6 is 0 Å². The third-order valence-electron chi connectivity index (χ3n) is 13.3. The first-order valence-corrected chi connectivity index (χ1v) is 26.7. The molecule has 0 aliphatic heterocycles. The van der Waals surface area contributed by atoms with Gasteiger partial charge in [0.15, 0.2) is 13.9 Å². The number of carbonyl (C=O) groups is 2. The SMILES string of the molecule is CC(C)(C)[Si](C)(C)O[C@@H](CNCc1ccc2oc(=O)n(CC=Cc3ccc(-c4ccccc4)c(NC(=O)O[C@H]4CC[C@H](NC(=O)OCc5ccccc5)CC4)c3)c2c1)c1ccc(O)c2[nH]c(=O)ccc12. The zero-order chi connectivity index (χ0) is 49.4. The summed E-state index contributed by atoms with van der Waals surface area (Å²) in [6, 6.07) is 37.3. The number of nitrogens with zero attached hydrogens (tertiary/aromatic N) is 1. The van der Waals surface area contributed by atoms with Crippen LogP contribution in [0.15, 0.2) is 141 Å². The molecule has 1 aliphatic rings. The lowest BCUT2D eigenvalue weighted by Crippen LogP contribution is -2.43. The minimum absolute atomic E-state index is 0.00771. The molecular formula is C55H61N5O9Si. The molecule has 1 atom stereocenters. The number of aromatic hydroxyl groups is 1. The lowest BCUT2D eigenvalue weighted by Gasteiger charge is -2.39. The van der Waals surface area contributed by atoms with Gasteiger partial charge in [0, 0.05) is 42.7 Å². The summed E-state index contributed by atoms with van der Waals surface area (Å²) in [6.45, 7) is 12.3. The van der Waals surface area contributed by atoms with Gasteiger partial charge in [-0.25, -0.2) is 14.4 Å². The molecule has 2 amide bonds. The summed E-state index contributed by atoms with van der Waals surface area (Å²) in [5.74, 6) is -0.492. The van der Waals surface area contributed by atoms with Crippen molar-refractivity contribution in [1.82, 2.24) is 20.2 Å². The van der Waals surface area contributed by atoms with E-state index in [1.165, 1.54) is 6.07 Å². The fraction of sp³-hybridized carbons (Fsp3) is 0.309. The minimum Gasteiger partial charge on any atom is -0.506 e. The van der Waals surface area contributed by atoms with E-state index in [1.54, 1.807) is 22.8 Å². The van der Waals surface area contributed by atoms with Gasteiger partial charge in [0.2, 0.25) is 5.56 Å². The van der Waals surface area contributed by atoms with Crippen LogP contribution in [0.3, 0.4) is 0 Å². The van der Waals surface area contributed by atoms with Crippen LogP contribution in [0, 0.1) is 0 Å². The standard InChI is InChI=1S/C55H61N5O9Si/c1-55(2,3)70(4,5)69-49(43-25-27-47(61)51-44(43)26-29-50(62)59-51)34-56-33-38-19-28-48-46(32-38)60(54(65)68-48)30-12-15-36-18-24-42(39-16-10-7-11-17-39)45(31-36)58-53(64)67-41-22-20-40(21-23-41)57-52(63)66-35-37-13-8-6-9-14-37/h6-19,24-29,31-32,40-41,49,56,61H,20-23,30,33-35H2,1-5H3,(H,57,63)(H,58,64)(H,59,62)/t40-,41-,49-/m0/s1. The Morgan fingerprint density at radius 2 is 1.61 bits per heavy atom. The Labute approximate surface area is 407 Å². The van der Waals surface area contributed by atoms with Gasteiger partial charge in [0.25, 0.3) is 0 Å². The number of rotatable bonds is 16. The zero-order valence-corrected chi connectivity index (χ0v) is 41.3. The molecular weight excluding hydrogens is 903 g/mol. The van der Waals surface area contributed by atoms with Gasteiger partial charge in [-0.05, 0) is 102 Å². The van der Waals surface area contributed by atoms with Crippen molar-refractivity contribution in [3.8, 4) is 16.9 Å². The summed E-state index contributed by atoms with van der Waals surface area (Å²) >= 11 is 0. The molecule has 8 rings (SSSR count). The maximum Gasteiger partial charge on any atom is 0.420 e. The number of aromatic amines is 1. The quantitative estimate of drug-likeness (QED) is 0.0584. The van der Waals surface area contributed by atoms with E-state index in [0.717, 1.165) is 33.4 Å². The number of hydrogen-bond donors (Lipinski definition) is 5. The summed E-state index contributed by atoms with van der Waals surface area (Å²) in [7, 11) is -2.29. The Kier molecular flexibility index (Phi) is 15.2. The zero-order valence-electron chi connectivity index (χ0n) is 40.3. The first kappa shape index (κ1) is 49.2. The number of ether oxygens (including phenoxy) is 2. The summed E-state index contributed by atoms with van der Waals surface area (Å²) in [5.41, 5.74) is 7.00. The number of alkyl carbamates (subject to hydrolysis) is 1. The first-order valence-electron chi connectivity index (χ1n) is 23.8. The van der Waals surface area contributed by atoms with Gasteiger partial charge in [0.1, 0.15) is 18.5 Å². The van der Waals surface area contributed by atoms with Gasteiger partial charge in [-0.15, -0.1) is 0 Å². The molecule has 1 aliphatic carbocycles. The van der Waals surface area contributed by atoms with Crippen molar-refractivity contribution in [2.24, 2.45) is 0 Å². The molecule has 0 unspecified atom stereocenters. The van der Waals surface area contributed by atoms with Crippen molar-refractivity contribution in [2.45, 2.75) is 103 Å². The van der Waals surface area contributed by atoms with E-state index < -0.39 is 32.4 Å². The summed E-state index contributed by atoms with van der Waals surface area (Å²) in [5, 5.41) is 20.8. The van der Waals surface area contributed by atoms with Crippen LogP contribution in [0.1, 0.15) is 74.8 Å². The lowest BCUT2D eigenvalue weighted by molar-refractivity contribution is 0.0761. The maximum atomic E-state index is 13.4. The van der Waals surface area contributed by atoms with E-state index in [1.807, 2.05) is 109 Å². The highest BCUT2D eigenvalue weighted by Crippen LogP contribution is 2.41. The number of pyridine rings is 1. The van der Waals surface area contributed by atoms with E-state index in [9.17, 15) is 24.3 Å². The second kappa shape index (κ2) is 21.6. The highest BCUT2D eigenvalue weighted by atomic mass is 28.4. The van der Waals surface area contributed by atoms with Crippen molar-refractivity contribution >= 4 is 54.3 Å². The molecule has 70 heavy (non-hydrogen) atoms.